The summed E-state index contributed by atoms with van der Waals surface area (Å²) in [6.07, 6.45) is 2.10. The number of fused-ring (bicyclic) bond motifs is 1. The zero-order valence-electron chi connectivity index (χ0n) is 19.4. The molecule has 0 bridgehead atoms. The predicted molar refractivity (Wildman–Crippen MR) is 140 cm³/mol. The molecule has 0 spiro atoms. The highest BCUT2D eigenvalue weighted by Crippen LogP contribution is 2.28. The van der Waals surface area contributed by atoms with Crippen molar-refractivity contribution in [3.8, 4) is 5.75 Å². The Morgan fingerprint density at radius 1 is 1.00 bits per heavy atom. The molecule has 5 nitrogen and oxygen atoms in total. The zero-order valence-corrected chi connectivity index (χ0v) is 20.2. The standard InChI is InChI=1S/C28H31N3O2S/c32-28-11-9-23-8-10-25(18-26(23)29-28)33-16-5-4-13-31-15-14-30(19-22-6-2-1-3-7-22)20-27(31)24-12-17-34-21-24/h1-3,6-12,17-18,21,27H,4-5,13-16,19-20H2,(H,29,32). The molecule has 34 heavy (non-hydrogen) atoms. The number of pyridine rings is 1. The maximum atomic E-state index is 11.6. The fourth-order valence-corrected chi connectivity index (χ4v) is 5.44. The molecule has 1 fully saturated rings. The number of hydrogen-bond acceptors (Lipinski definition) is 5. The number of H-pyrrole nitrogens is 1. The van der Waals surface area contributed by atoms with Crippen LogP contribution in [0.3, 0.4) is 0 Å². The average Bonchev–Trinajstić information content (AvgIpc) is 3.40. The number of thiophene rings is 1. The molecule has 1 aliphatic heterocycles. The lowest BCUT2D eigenvalue weighted by Crippen LogP contribution is -2.48. The minimum absolute atomic E-state index is 0.0892. The van der Waals surface area contributed by atoms with Crippen LogP contribution in [-0.2, 0) is 6.54 Å². The van der Waals surface area contributed by atoms with Crippen molar-refractivity contribution in [1.29, 1.82) is 0 Å². The molecule has 1 unspecified atom stereocenters. The van der Waals surface area contributed by atoms with Crippen LogP contribution in [0, 0.1) is 0 Å². The third-order valence-corrected chi connectivity index (χ3v) is 7.26. The number of aromatic nitrogens is 1. The Bertz CT molecular complexity index is 1240. The highest BCUT2D eigenvalue weighted by molar-refractivity contribution is 7.08. The fraction of sp³-hybridized carbons (Fsp3) is 0.321. The lowest BCUT2D eigenvalue weighted by atomic mass is 10.0. The minimum Gasteiger partial charge on any atom is -0.494 e. The van der Waals surface area contributed by atoms with Gasteiger partial charge in [0.15, 0.2) is 0 Å². The summed E-state index contributed by atoms with van der Waals surface area (Å²) in [6.45, 7) is 6.03. The number of ether oxygens (including phenoxy) is 1. The van der Waals surface area contributed by atoms with Gasteiger partial charge >= 0.3 is 0 Å². The molecule has 1 atom stereocenters. The Morgan fingerprint density at radius 3 is 2.74 bits per heavy atom. The first-order valence-electron chi connectivity index (χ1n) is 12.0. The molecule has 5 rings (SSSR count). The first kappa shape index (κ1) is 22.8. The van der Waals surface area contributed by atoms with Crippen molar-refractivity contribution in [1.82, 2.24) is 14.8 Å². The molecular formula is C28H31N3O2S. The van der Waals surface area contributed by atoms with E-state index in [-0.39, 0.29) is 5.56 Å². The van der Waals surface area contributed by atoms with Gasteiger partial charge in [-0.05, 0) is 70.9 Å². The van der Waals surface area contributed by atoms with Gasteiger partial charge in [-0.3, -0.25) is 14.6 Å². The van der Waals surface area contributed by atoms with E-state index in [0.717, 1.165) is 62.2 Å². The Kier molecular flexibility index (Phi) is 7.39. The van der Waals surface area contributed by atoms with Crippen molar-refractivity contribution in [2.45, 2.75) is 25.4 Å². The van der Waals surface area contributed by atoms with E-state index in [1.54, 1.807) is 17.4 Å². The summed E-state index contributed by atoms with van der Waals surface area (Å²) in [5.74, 6) is 0.806. The van der Waals surface area contributed by atoms with Crippen molar-refractivity contribution >= 4 is 22.2 Å². The van der Waals surface area contributed by atoms with Gasteiger partial charge in [-0.2, -0.15) is 11.3 Å². The minimum atomic E-state index is -0.0892. The number of hydrogen-bond donors (Lipinski definition) is 1. The monoisotopic (exact) mass is 473 g/mol. The second-order valence-corrected chi connectivity index (χ2v) is 9.74. The first-order chi connectivity index (χ1) is 16.7. The van der Waals surface area contributed by atoms with E-state index < -0.39 is 0 Å². The Morgan fingerprint density at radius 2 is 1.88 bits per heavy atom. The normalized spacial score (nSPS) is 17.2. The molecule has 4 aromatic rings. The summed E-state index contributed by atoms with van der Waals surface area (Å²) in [7, 11) is 0. The third-order valence-electron chi connectivity index (χ3n) is 6.56. The van der Waals surface area contributed by atoms with Crippen LogP contribution >= 0.6 is 11.3 Å². The number of rotatable bonds is 9. The molecule has 0 saturated carbocycles. The SMILES string of the molecule is O=c1ccc2ccc(OCCCCN3CCN(Cc4ccccc4)CC3c3ccsc3)cc2[nH]1. The molecule has 6 heteroatoms. The van der Waals surface area contributed by atoms with Crippen molar-refractivity contribution in [3.63, 3.8) is 0 Å². The third kappa shape index (κ3) is 5.76. The number of nitrogens with zero attached hydrogens (tertiary/aromatic N) is 2. The van der Waals surface area contributed by atoms with Gasteiger partial charge in [0.2, 0.25) is 5.56 Å². The maximum absolute atomic E-state index is 11.6. The average molecular weight is 474 g/mol. The molecule has 2 aromatic carbocycles. The Labute approximate surface area is 204 Å². The largest absolute Gasteiger partial charge is 0.494 e. The summed E-state index contributed by atoms with van der Waals surface area (Å²) in [4.78, 5) is 19.7. The van der Waals surface area contributed by atoms with Crippen LogP contribution in [-0.4, -0.2) is 47.6 Å². The number of nitrogens with one attached hydrogen (secondary N) is 1. The molecule has 0 aliphatic carbocycles. The van der Waals surface area contributed by atoms with Crippen molar-refractivity contribution in [2.24, 2.45) is 0 Å². The van der Waals surface area contributed by atoms with Crippen LogP contribution in [0.4, 0.5) is 0 Å². The molecule has 0 radical (unpaired) electrons. The molecular weight excluding hydrogens is 442 g/mol. The summed E-state index contributed by atoms with van der Waals surface area (Å²) < 4.78 is 5.98. The van der Waals surface area contributed by atoms with Crippen molar-refractivity contribution in [2.75, 3.05) is 32.8 Å². The number of aromatic amines is 1. The summed E-state index contributed by atoms with van der Waals surface area (Å²) >= 11 is 1.78. The van der Waals surface area contributed by atoms with Crippen LogP contribution in [0.2, 0.25) is 0 Å². The smallest absolute Gasteiger partial charge is 0.248 e. The molecule has 1 aliphatic rings. The van der Waals surface area contributed by atoms with E-state index >= 15 is 0 Å². The predicted octanol–water partition coefficient (Wildman–Crippen LogP) is 5.31. The fourth-order valence-electron chi connectivity index (χ4n) is 4.74. The Hall–Kier alpha value is -2.93. The van der Waals surface area contributed by atoms with Crippen LogP contribution in [0.25, 0.3) is 10.9 Å². The van der Waals surface area contributed by atoms with E-state index in [2.05, 4.69) is 61.9 Å². The summed E-state index contributed by atoms with van der Waals surface area (Å²) in [5.41, 5.74) is 3.55. The van der Waals surface area contributed by atoms with Crippen LogP contribution in [0.5, 0.6) is 5.75 Å². The molecule has 1 N–H and O–H groups in total. The Balaban J connectivity index is 1.13. The lowest BCUT2D eigenvalue weighted by molar-refractivity contribution is 0.0674. The van der Waals surface area contributed by atoms with Gasteiger partial charge in [-0.25, -0.2) is 0 Å². The van der Waals surface area contributed by atoms with E-state index in [4.69, 9.17) is 4.74 Å². The summed E-state index contributed by atoms with van der Waals surface area (Å²) in [5, 5.41) is 5.50. The van der Waals surface area contributed by atoms with Gasteiger partial charge in [0.1, 0.15) is 5.75 Å². The molecule has 176 valence electrons. The van der Waals surface area contributed by atoms with Crippen LogP contribution in [0.15, 0.2) is 82.3 Å². The summed E-state index contributed by atoms with van der Waals surface area (Å²) in [6, 6.07) is 22.8. The van der Waals surface area contributed by atoms with E-state index in [9.17, 15) is 4.79 Å². The van der Waals surface area contributed by atoms with Gasteiger partial charge in [-0.15, -0.1) is 0 Å². The number of unbranched alkanes of at least 4 members (excludes halogenated alkanes) is 1. The second kappa shape index (κ2) is 11.0. The van der Waals surface area contributed by atoms with E-state index in [1.807, 2.05) is 24.3 Å². The van der Waals surface area contributed by atoms with Gasteiger partial charge in [0, 0.05) is 44.4 Å². The highest BCUT2D eigenvalue weighted by atomic mass is 32.1. The quantitative estimate of drug-likeness (QED) is 0.335. The van der Waals surface area contributed by atoms with Gasteiger partial charge in [0.25, 0.3) is 0 Å². The topological polar surface area (TPSA) is 48.6 Å². The zero-order chi connectivity index (χ0) is 23.2. The lowest BCUT2D eigenvalue weighted by Gasteiger charge is -2.41. The molecule has 3 heterocycles. The molecule has 1 saturated heterocycles. The highest BCUT2D eigenvalue weighted by Gasteiger charge is 2.28. The van der Waals surface area contributed by atoms with E-state index in [0.29, 0.717) is 12.6 Å². The van der Waals surface area contributed by atoms with Crippen LogP contribution in [0.1, 0.15) is 30.0 Å². The van der Waals surface area contributed by atoms with Crippen molar-refractivity contribution in [3.05, 3.63) is 99.0 Å². The van der Waals surface area contributed by atoms with Gasteiger partial charge < -0.3 is 9.72 Å². The van der Waals surface area contributed by atoms with E-state index in [1.165, 1.54) is 11.1 Å². The molecule has 2 aromatic heterocycles. The maximum Gasteiger partial charge on any atom is 0.248 e. The molecule has 0 amide bonds. The first-order valence-corrected chi connectivity index (χ1v) is 13.0. The second-order valence-electron chi connectivity index (χ2n) is 8.96. The van der Waals surface area contributed by atoms with Gasteiger partial charge in [0.05, 0.1) is 12.1 Å². The van der Waals surface area contributed by atoms with Crippen LogP contribution < -0.4 is 10.3 Å². The van der Waals surface area contributed by atoms with Crippen molar-refractivity contribution < 1.29 is 4.74 Å². The number of piperazine rings is 1. The van der Waals surface area contributed by atoms with Gasteiger partial charge in [-0.1, -0.05) is 30.3 Å². The number of benzene rings is 2.